The standard InChI is InChI=1S/C21H23N3O7/c1-4-29-18(26)15-11(3)31-20(28)21(15)12-8-6-7-9-13(12)24(10-14(22)25)17(23)16(21)19(27)30-5-2/h6-9H,4-5,10,23H2,1-3H3,(H2,22,25). The van der Waals surface area contributed by atoms with Crippen LogP contribution < -0.4 is 16.4 Å². The molecular formula is C21H23N3O7. The molecule has 2 aliphatic heterocycles. The summed E-state index contributed by atoms with van der Waals surface area (Å²) in [6.45, 7) is 4.26. The van der Waals surface area contributed by atoms with Crippen molar-refractivity contribution < 1.29 is 33.4 Å². The first kappa shape index (κ1) is 21.9. The Morgan fingerprint density at radius 1 is 1.06 bits per heavy atom. The number of amides is 1. The molecule has 1 atom stereocenters. The second-order valence-corrected chi connectivity index (χ2v) is 6.84. The van der Waals surface area contributed by atoms with Crippen LogP contribution in [-0.4, -0.2) is 43.6 Å². The van der Waals surface area contributed by atoms with E-state index in [1.54, 1.807) is 38.1 Å². The molecule has 0 radical (unpaired) electrons. The molecule has 0 aromatic heterocycles. The minimum absolute atomic E-state index is 0.0174. The SMILES string of the molecule is CCOC(=O)C1=C(C)OC(=O)C12C(C(=O)OCC)=C(N)N(CC(N)=O)c1ccccc12. The first-order valence-corrected chi connectivity index (χ1v) is 9.65. The van der Waals surface area contributed by atoms with Crippen LogP contribution >= 0.6 is 0 Å². The molecule has 1 spiro atoms. The number of rotatable bonds is 6. The largest absolute Gasteiger partial charge is 0.462 e. The number of esters is 3. The number of carbonyl (C=O) groups excluding carboxylic acids is 4. The topological polar surface area (TPSA) is 151 Å². The Labute approximate surface area is 178 Å². The molecule has 10 nitrogen and oxygen atoms in total. The van der Waals surface area contributed by atoms with Crippen molar-refractivity contribution in [2.75, 3.05) is 24.7 Å². The molecular weight excluding hydrogens is 406 g/mol. The van der Waals surface area contributed by atoms with Crippen molar-refractivity contribution in [2.24, 2.45) is 11.5 Å². The van der Waals surface area contributed by atoms with Gasteiger partial charge in [-0.1, -0.05) is 18.2 Å². The number of cyclic esters (lactones) is 1. The summed E-state index contributed by atoms with van der Waals surface area (Å²) in [6, 6.07) is 6.42. The van der Waals surface area contributed by atoms with Crippen LogP contribution in [0.3, 0.4) is 0 Å². The quantitative estimate of drug-likeness (QED) is 0.482. The summed E-state index contributed by atoms with van der Waals surface area (Å²) in [5.74, 6) is -3.65. The number of nitrogens with zero attached hydrogens (tertiary/aromatic N) is 1. The van der Waals surface area contributed by atoms with E-state index in [2.05, 4.69) is 0 Å². The zero-order valence-electron chi connectivity index (χ0n) is 17.4. The van der Waals surface area contributed by atoms with Gasteiger partial charge in [-0.3, -0.25) is 4.79 Å². The number of fused-ring (bicyclic) bond motifs is 2. The Hall–Kier alpha value is -3.82. The molecule has 0 saturated heterocycles. The van der Waals surface area contributed by atoms with Crippen molar-refractivity contribution >= 4 is 29.5 Å². The fourth-order valence-corrected chi connectivity index (χ4v) is 4.01. The van der Waals surface area contributed by atoms with Gasteiger partial charge in [-0.2, -0.15) is 0 Å². The van der Waals surface area contributed by atoms with E-state index in [4.69, 9.17) is 25.7 Å². The van der Waals surface area contributed by atoms with Gasteiger partial charge in [0.05, 0.1) is 13.2 Å². The maximum absolute atomic E-state index is 13.4. The van der Waals surface area contributed by atoms with Crippen LogP contribution in [0.25, 0.3) is 0 Å². The van der Waals surface area contributed by atoms with E-state index in [0.717, 1.165) is 0 Å². The Morgan fingerprint density at radius 2 is 1.65 bits per heavy atom. The predicted octanol–water partition coefficient (Wildman–Crippen LogP) is 0.357. The summed E-state index contributed by atoms with van der Waals surface area (Å²) >= 11 is 0. The van der Waals surface area contributed by atoms with E-state index in [1.165, 1.54) is 11.8 Å². The van der Waals surface area contributed by atoms with E-state index in [9.17, 15) is 19.2 Å². The Balaban J connectivity index is 2.44. The van der Waals surface area contributed by atoms with Crippen LogP contribution in [0.1, 0.15) is 26.3 Å². The van der Waals surface area contributed by atoms with Crippen molar-refractivity contribution in [1.82, 2.24) is 0 Å². The minimum Gasteiger partial charge on any atom is -0.462 e. The van der Waals surface area contributed by atoms with Crippen LogP contribution in [0.2, 0.25) is 0 Å². The van der Waals surface area contributed by atoms with E-state index < -0.39 is 29.2 Å². The van der Waals surface area contributed by atoms with Crippen molar-refractivity contribution in [2.45, 2.75) is 26.2 Å². The summed E-state index contributed by atoms with van der Waals surface area (Å²) in [5, 5.41) is 0. The molecule has 1 aromatic rings. The van der Waals surface area contributed by atoms with Crippen LogP contribution in [0.5, 0.6) is 0 Å². The molecule has 3 rings (SSSR count). The van der Waals surface area contributed by atoms with Crippen LogP contribution in [0, 0.1) is 0 Å². The third kappa shape index (κ3) is 3.20. The molecule has 2 aliphatic rings. The van der Waals surface area contributed by atoms with E-state index >= 15 is 0 Å². The van der Waals surface area contributed by atoms with Gasteiger partial charge < -0.3 is 30.6 Å². The molecule has 0 aliphatic carbocycles. The molecule has 1 unspecified atom stereocenters. The number of anilines is 1. The molecule has 10 heteroatoms. The summed E-state index contributed by atoms with van der Waals surface area (Å²) in [7, 11) is 0. The highest BCUT2D eigenvalue weighted by Gasteiger charge is 2.63. The lowest BCUT2D eigenvalue weighted by molar-refractivity contribution is -0.147. The highest BCUT2D eigenvalue weighted by molar-refractivity contribution is 6.16. The monoisotopic (exact) mass is 429 g/mol. The first-order valence-electron chi connectivity index (χ1n) is 9.65. The Morgan fingerprint density at radius 3 is 2.23 bits per heavy atom. The molecule has 164 valence electrons. The molecule has 2 heterocycles. The van der Waals surface area contributed by atoms with E-state index in [1.807, 2.05) is 0 Å². The first-order chi connectivity index (χ1) is 14.7. The van der Waals surface area contributed by atoms with E-state index in [-0.39, 0.29) is 48.0 Å². The lowest BCUT2D eigenvalue weighted by Crippen LogP contribution is -2.52. The Kier molecular flexibility index (Phi) is 5.74. The van der Waals surface area contributed by atoms with Crippen molar-refractivity contribution in [3.8, 4) is 0 Å². The number of carbonyl (C=O) groups is 4. The molecule has 4 N–H and O–H groups in total. The normalized spacial score (nSPS) is 20.0. The van der Waals surface area contributed by atoms with Gasteiger partial charge in [-0.15, -0.1) is 0 Å². The van der Waals surface area contributed by atoms with E-state index in [0.29, 0.717) is 5.69 Å². The van der Waals surface area contributed by atoms with Gasteiger partial charge in [0.25, 0.3) is 0 Å². The van der Waals surface area contributed by atoms with Crippen molar-refractivity contribution in [3.63, 3.8) is 0 Å². The average Bonchev–Trinajstić information content (AvgIpc) is 2.96. The summed E-state index contributed by atoms with van der Waals surface area (Å²) in [6.07, 6.45) is 0. The zero-order valence-corrected chi connectivity index (χ0v) is 17.4. The van der Waals surface area contributed by atoms with Gasteiger partial charge in [0.15, 0.2) is 5.41 Å². The molecule has 0 saturated carbocycles. The molecule has 0 bridgehead atoms. The fraction of sp³-hybridized carbons (Fsp3) is 0.333. The smallest absolute Gasteiger partial charge is 0.339 e. The van der Waals surface area contributed by atoms with Crippen LogP contribution in [0.15, 0.2) is 47.0 Å². The number of nitrogens with two attached hydrogens (primary N) is 2. The fourth-order valence-electron chi connectivity index (χ4n) is 4.01. The number of allylic oxidation sites excluding steroid dienone is 1. The predicted molar refractivity (Wildman–Crippen MR) is 108 cm³/mol. The summed E-state index contributed by atoms with van der Waals surface area (Å²) < 4.78 is 15.7. The molecule has 1 amide bonds. The summed E-state index contributed by atoms with van der Waals surface area (Å²) in [4.78, 5) is 52.4. The maximum atomic E-state index is 13.4. The second-order valence-electron chi connectivity index (χ2n) is 6.84. The lowest BCUT2D eigenvalue weighted by Gasteiger charge is -2.40. The molecule has 31 heavy (non-hydrogen) atoms. The third-order valence-electron chi connectivity index (χ3n) is 5.07. The van der Waals surface area contributed by atoms with Crippen LogP contribution in [-0.2, 0) is 38.8 Å². The zero-order chi connectivity index (χ0) is 22.9. The Bertz CT molecular complexity index is 1040. The number of para-hydroxylation sites is 1. The van der Waals surface area contributed by atoms with Crippen molar-refractivity contribution in [3.05, 3.63) is 52.6 Å². The number of hydrogen-bond donors (Lipinski definition) is 2. The maximum Gasteiger partial charge on any atom is 0.339 e. The molecule has 0 fully saturated rings. The van der Waals surface area contributed by atoms with Gasteiger partial charge in [-0.05, 0) is 26.8 Å². The number of primary amides is 1. The number of ether oxygens (including phenoxy) is 3. The van der Waals surface area contributed by atoms with Gasteiger partial charge in [-0.25, -0.2) is 14.4 Å². The van der Waals surface area contributed by atoms with Gasteiger partial charge in [0.1, 0.15) is 29.3 Å². The second kappa shape index (κ2) is 8.13. The summed E-state index contributed by atoms with van der Waals surface area (Å²) in [5.41, 5.74) is 9.73. The van der Waals surface area contributed by atoms with Gasteiger partial charge in [0, 0.05) is 11.3 Å². The number of benzene rings is 1. The lowest BCUT2D eigenvalue weighted by atomic mass is 9.66. The number of hydrogen-bond acceptors (Lipinski definition) is 9. The third-order valence-corrected chi connectivity index (χ3v) is 5.07. The van der Waals surface area contributed by atoms with Crippen LogP contribution in [0.4, 0.5) is 5.69 Å². The highest BCUT2D eigenvalue weighted by atomic mass is 16.6. The van der Waals surface area contributed by atoms with Gasteiger partial charge >= 0.3 is 17.9 Å². The average molecular weight is 429 g/mol. The van der Waals surface area contributed by atoms with Crippen molar-refractivity contribution in [1.29, 1.82) is 0 Å². The van der Waals surface area contributed by atoms with Gasteiger partial charge in [0.2, 0.25) is 5.91 Å². The minimum atomic E-state index is -2.02. The molecule has 1 aromatic carbocycles. The highest BCUT2D eigenvalue weighted by Crippen LogP contribution is 2.54.